The van der Waals surface area contributed by atoms with Gasteiger partial charge in [0.1, 0.15) is 28.7 Å². The smallest absolute Gasteiger partial charge is 0.279 e. The lowest BCUT2D eigenvalue weighted by atomic mass is 9.97. The number of aliphatic imine (C=N–C) groups is 1. The van der Waals surface area contributed by atoms with Gasteiger partial charge >= 0.3 is 0 Å². The van der Waals surface area contributed by atoms with Crippen molar-refractivity contribution in [1.82, 2.24) is 0 Å². The molecule has 0 fully saturated rings. The van der Waals surface area contributed by atoms with E-state index in [2.05, 4.69) is 4.99 Å². The van der Waals surface area contributed by atoms with Gasteiger partial charge in [-0.25, -0.2) is 0 Å². The van der Waals surface area contributed by atoms with Gasteiger partial charge in [0.05, 0.1) is 11.8 Å². The number of fused-ring (bicyclic) bond motifs is 1. The van der Waals surface area contributed by atoms with E-state index in [4.69, 9.17) is 20.6 Å². The second-order valence-electron chi connectivity index (χ2n) is 6.75. The van der Waals surface area contributed by atoms with Crippen LogP contribution in [0.2, 0.25) is 0 Å². The first-order chi connectivity index (χ1) is 12.8. The van der Waals surface area contributed by atoms with Crippen LogP contribution in [0.15, 0.2) is 46.3 Å². The summed E-state index contributed by atoms with van der Waals surface area (Å²) in [5, 5.41) is 7.12. The van der Waals surface area contributed by atoms with Crippen LogP contribution >= 0.6 is 11.8 Å². The predicted octanol–water partition coefficient (Wildman–Crippen LogP) is 4.06. The van der Waals surface area contributed by atoms with E-state index in [0.717, 1.165) is 16.7 Å². The van der Waals surface area contributed by atoms with Gasteiger partial charge < -0.3 is 20.6 Å². The van der Waals surface area contributed by atoms with Gasteiger partial charge in [-0.15, -0.1) is 11.8 Å². The molecule has 0 atom stereocenters. The number of carbonyl (C=O) groups excluding carboxylic acids is 1. The van der Waals surface area contributed by atoms with Crippen molar-refractivity contribution in [2.75, 3.05) is 6.26 Å². The molecule has 1 aliphatic heterocycles. The monoisotopic (exact) mass is 383 g/mol. The van der Waals surface area contributed by atoms with Crippen LogP contribution in [-0.4, -0.2) is 29.8 Å². The zero-order valence-electron chi connectivity index (χ0n) is 15.4. The molecule has 0 unspecified atom stereocenters. The second kappa shape index (κ2) is 7.44. The van der Waals surface area contributed by atoms with Crippen LogP contribution in [0.5, 0.6) is 17.2 Å². The lowest BCUT2D eigenvalue weighted by Crippen LogP contribution is -2.25. The molecule has 2 aromatic rings. The van der Waals surface area contributed by atoms with Crippen LogP contribution < -0.4 is 15.2 Å². The maximum absolute atomic E-state index is 12.6. The average Bonchev–Trinajstić information content (AvgIpc) is 2.95. The Labute approximate surface area is 162 Å². The Balaban J connectivity index is 1.99. The molecule has 0 aliphatic carbocycles. The largest absolute Gasteiger partial charge is 0.487 e. The summed E-state index contributed by atoms with van der Waals surface area (Å²) in [6, 6.07) is 11.1. The summed E-state index contributed by atoms with van der Waals surface area (Å²) in [5.74, 6) is 1.08. The molecule has 0 bridgehead atoms. The summed E-state index contributed by atoms with van der Waals surface area (Å²) in [6.07, 6.45) is 3.42. The van der Waals surface area contributed by atoms with Crippen LogP contribution in [0.4, 0.5) is 0 Å². The van der Waals surface area contributed by atoms with Crippen molar-refractivity contribution < 1.29 is 14.3 Å². The van der Waals surface area contributed by atoms with Gasteiger partial charge in [-0.2, -0.15) is 4.99 Å². The molecular weight excluding hydrogens is 362 g/mol. The summed E-state index contributed by atoms with van der Waals surface area (Å²) >= 11 is 1.65. The molecule has 3 N–H and O–H groups in total. The van der Waals surface area contributed by atoms with Gasteiger partial charge in [0.15, 0.2) is 0 Å². The van der Waals surface area contributed by atoms with Gasteiger partial charge in [-0.3, -0.25) is 4.79 Å². The fourth-order valence-corrected chi connectivity index (χ4v) is 3.30. The zero-order chi connectivity index (χ0) is 19.6. The van der Waals surface area contributed by atoms with Gasteiger partial charge in [-0.05, 0) is 50.4 Å². The van der Waals surface area contributed by atoms with Crippen molar-refractivity contribution in [3.05, 3.63) is 47.5 Å². The number of hydrogen-bond donors (Lipinski definition) is 2. The third kappa shape index (κ3) is 4.31. The number of amides is 1. The number of thioether (sulfide) groups is 1. The molecule has 140 valence electrons. The van der Waals surface area contributed by atoms with Crippen molar-refractivity contribution in [2.45, 2.75) is 30.8 Å². The van der Waals surface area contributed by atoms with Crippen LogP contribution in [0.25, 0.3) is 0 Å². The average molecular weight is 383 g/mol. The Bertz CT molecular complexity index is 921. The molecule has 1 heterocycles. The van der Waals surface area contributed by atoms with E-state index < -0.39 is 11.5 Å². The van der Waals surface area contributed by atoms with Crippen LogP contribution in [0.3, 0.4) is 0 Å². The Morgan fingerprint density at radius 1 is 1.30 bits per heavy atom. The topological polar surface area (TPSA) is 97.8 Å². The van der Waals surface area contributed by atoms with Gasteiger partial charge in [0.2, 0.25) is 0 Å². The summed E-state index contributed by atoms with van der Waals surface area (Å²) in [5.41, 5.74) is 6.24. The number of amidine groups is 1. The van der Waals surface area contributed by atoms with E-state index in [1.807, 2.05) is 44.4 Å². The molecule has 0 radical (unpaired) electrons. The number of benzene rings is 2. The lowest BCUT2D eigenvalue weighted by Gasteiger charge is -2.16. The lowest BCUT2D eigenvalue weighted by molar-refractivity contribution is 0.100. The molecule has 0 spiro atoms. The fourth-order valence-electron chi connectivity index (χ4n) is 2.89. The number of rotatable bonds is 5. The first-order valence-electron chi connectivity index (χ1n) is 8.38. The fraction of sp³-hybridized carbons (Fsp3) is 0.250. The highest BCUT2D eigenvalue weighted by Crippen LogP contribution is 2.41. The number of hydrogen-bond acceptors (Lipinski definition) is 5. The molecular formula is C20H21N3O3S. The molecule has 2 aromatic carbocycles. The maximum Gasteiger partial charge on any atom is 0.279 e. The number of ether oxygens (including phenoxy) is 2. The molecule has 3 rings (SSSR count). The van der Waals surface area contributed by atoms with Crippen molar-refractivity contribution >= 4 is 29.7 Å². The van der Waals surface area contributed by atoms with E-state index in [0.29, 0.717) is 29.2 Å². The Morgan fingerprint density at radius 2 is 2.00 bits per heavy atom. The maximum atomic E-state index is 12.6. The van der Waals surface area contributed by atoms with E-state index in [9.17, 15) is 4.79 Å². The predicted molar refractivity (Wildman–Crippen MR) is 108 cm³/mol. The third-order valence-electron chi connectivity index (χ3n) is 4.08. The van der Waals surface area contributed by atoms with E-state index in [-0.39, 0.29) is 5.84 Å². The molecule has 0 aromatic heterocycles. The molecule has 0 saturated heterocycles. The van der Waals surface area contributed by atoms with Crippen molar-refractivity contribution in [3.63, 3.8) is 0 Å². The van der Waals surface area contributed by atoms with Crippen molar-refractivity contribution in [1.29, 1.82) is 5.41 Å². The molecule has 27 heavy (non-hydrogen) atoms. The molecule has 6 nitrogen and oxygen atoms in total. The standard InChI is InChI=1S/C20H21N3O3S/c1-20(2)10-16-15(19(24)23-18(22)11-21)8-13(9-17(16)26-20)25-12-4-6-14(27-3)7-5-12/h4-9,11,21H,10H2,1-3H3,(H2,22,23,24). The molecule has 7 heteroatoms. The Hall–Kier alpha value is -2.80. The number of nitrogens with one attached hydrogen (secondary N) is 1. The molecule has 0 saturated carbocycles. The normalized spacial score (nSPS) is 15.0. The highest BCUT2D eigenvalue weighted by molar-refractivity contribution is 7.98. The summed E-state index contributed by atoms with van der Waals surface area (Å²) in [6.45, 7) is 3.91. The minimum Gasteiger partial charge on any atom is -0.487 e. The minimum absolute atomic E-state index is 0.147. The molecule has 1 amide bonds. The van der Waals surface area contributed by atoms with Gasteiger partial charge in [0.25, 0.3) is 5.91 Å². The van der Waals surface area contributed by atoms with E-state index >= 15 is 0 Å². The highest BCUT2D eigenvalue weighted by Gasteiger charge is 2.34. The quantitative estimate of drug-likeness (QED) is 0.461. The summed E-state index contributed by atoms with van der Waals surface area (Å²) < 4.78 is 11.9. The van der Waals surface area contributed by atoms with Gasteiger partial charge in [0, 0.05) is 22.9 Å². The van der Waals surface area contributed by atoms with Crippen LogP contribution in [-0.2, 0) is 6.42 Å². The minimum atomic E-state index is -0.517. The second-order valence-corrected chi connectivity index (χ2v) is 7.63. The van der Waals surface area contributed by atoms with Gasteiger partial charge in [-0.1, -0.05) is 0 Å². The SMILES string of the molecule is CSc1ccc(Oc2cc3c(c(C(=O)N=C(N)C=N)c2)CC(C)(C)O3)cc1. The van der Waals surface area contributed by atoms with Crippen LogP contribution in [0.1, 0.15) is 29.8 Å². The Morgan fingerprint density at radius 3 is 2.63 bits per heavy atom. The van der Waals surface area contributed by atoms with E-state index in [1.165, 1.54) is 0 Å². The van der Waals surface area contributed by atoms with E-state index in [1.54, 1.807) is 23.9 Å². The zero-order valence-corrected chi connectivity index (χ0v) is 16.2. The first-order valence-corrected chi connectivity index (χ1v) is 9.60. The highest BCUT2D eigenvalue weighted by atomic mass is 32.2. The van der Waals surface area contributed by atoms with Crippen molar-refractivity contribution in [2.24, 2.45) is 10.7 Å². The molecule has 1 aliphatic rings. The summed E-state index contributed by atoms with van der Waals surface area (Å²) in [7, 11) is 0. The Kier molecular flexibility index (Phi) is 5.23. The number of carbonyl (C=O) groups is 1. The van der Waals surface area contributed by atoms with Crippen molar-refractivity contribution in [3.8, 4) is 17.2 Å². The van der Waals surface area contributed by atoms with Crippen LogP contribution in [0, 0.1) is 5.41 Å². The summed E-state index contributed by atoms with van der Waals surface area (Å²) in [4.78, 5) is 17.5. The number of nitrogens with two attached hydrogens (primary N) is 1. The third-order valence-corrected chi connectivity index (χ3v) is 4.82. The first kappa shape index (κ1) is 19.0. The number of nitrogens with zero attached hydrogens (tertiary/aromatic N) is 1.